The van der Waals surface area contributed by atoms with E-state index < -0.39 is 5.97 Å². The molecule has 0 spiro atoms. The number of carbonyl (C=O) groups is 1. The van der Waals surface area contributed by atoms with Gasteiger partial charge in [0, 0.05) is 18.3 Å². The Balaban J connectivity index is 1.80. The number of carboxylic acid groups (broad SMARTS) is 1. The second kappa shape index (κ2) is 4.87. The average molecular weight is 260 g/mol. The lowest BCUT2D eigenvalue weighted by Gasteiger charge is -2.29. The number of fused-ring (bicyclic) bond motifs is 1. The molecule has 2 aromatic heterocycles. The van der Waals surface area contributed by atoms with E-state index in [1.165, 1.54) is 0 Å². The number of aliphatic carboxylic acids is 1. The summed E-state index contributed by atoms with van der Waals surface area (Å²) >= 11 is 0. The Labute approximate surface area is 110 Å². The predicted octanol–water partition coefficient (Wildman–Crippen LogP) is 1.78. The van der Waals surface area contributed by atoms with E-state index in [1.54, 1.807) is 10.7 Å². The van der Waals surface area contributed by atoms with E-state index in [0.717, 1.165) is 31.3 Å². The summed E-state index contributed by atoms with van der Waals surface area (Å²) in [5.41, 5.74) is 0.757. The molecule has 3 rings (SSSR count). The van der Waals surface area contributed by atoms with Gasteiger partial charge in [-0.1, -0.05) is 12.8 Å². The zero-order valence-corrected chi connectivity index (χ0v) is 10.5. The van der Waals surface area contributed by atoms with Crippen molar-refractivity contribution in [1.82, 2.24) is 14.6 Å². The van der Waals surface area contributed by atoms with Crippen LogP contribution in [0.3, 0.4) is 0 Å². The first kappa shape index (κ1) is 12.0. The summed E-state index contributed by atoms with van der Waals surface area (Å²) in [6.45, 7) is 0. The first-order chi connectivity index (χ1) is 9.24. The van der Waals surface area contributed by atoms with Crippen LogP contribution in [-0.4, -0.2) is 31.7 Å². The minimum Gasteiger partial charge on any atom is -0.481 e. The molecule has 100 valence electrons. The van der Waals surface area contributed by atoms with Crippen molar-refractivity contribution in [2.24, 2.45) is 5.92 Å². The third-order valence-corrected chi connectivity index (χ3v) is 3.67. The Morgan fingerprint density at radius 2 is 2.21 bits per heavy atom. The Hall–Kier alpha value is -2.11. The molecule has 1 aliphatic rings. The van der Waals surface area contributed by atoms with Crippen molar-refractivity contribution < 1.29 is 9.90 Å². The number of carboxylic acids is 1. The fourth-order valence-corrected chi connectivity index (χ4v) is 2.68. The highest BCUT2D eigenvalue weighted by atomic mass is 16.4. The molecule has 0 aliphatic heterocycles. The molecule has 0 radical (unpaired) electrons. The molecule has 6 nitrogen and oxygen atoms in total. The van der Waals surface area contributed by atoms with Crippen molar-refractivity contribution in [3.8, 4) is 0 Å². The molecule has 1 fully saturated rings. The number of rotatable bonds is 3. The smallest absolute Gasteiger partial charge is 0.308 e. The van der Waals surface area contributed by atoms with E-state index in [9.17, 15) is 9.90 Å². The van der Waals surface area contributed by atoms with Gasteiger partial charge in [0.05, 0.1) is 12.1 Å². The molecule has 2 atom stereocenters. The van der Waals surface area contributed by atoms with Gasteiger partial charge in [0.2, 0.25) is 0 Å². The molecule has 2 heterocycles. The first-order valence-corrected chi connectivity index (χ1v) is 6.54. The molecule has 2 N–H and O–H groups in total. The molecule has 6 heteroatoms. The maximum absolute atomic E-state index is 11.3. The lowest BCUT2D eigenvalue weighted by Crippen LogP contribution is -2.37. The fourth-order valence-electron chi connectivity index (χ4n) is 2.68. The van der Waals surface area contributed by atoms with E-state index in [2.05, 4.69) is 15.4 Å². The minimum atomic E-state index is -0.720. The van der Waals surface area contributed by atoms with E-state index in [1.807, 2.05) is 18.3 Å². The van der Waals surface area contributed by atoms with Gasteiger partial charge in [-0.2, -0.15) is 5.10 Å². The monoisotopic (exact) mass is 260 g/mol. The van der Waals surface area contributed by atoms with Crippen LogP contribution >= 0.6 is 0 Å². The molecule has 0 amide bonds. The van der Waals surface area contributed by atoms with Crippen molar-refractivity contribution in [3.05, 3.63) is 24.5 Å². The fraction of sp³-hybridized carbons (Fsp3) is 0.462. The van der Waals surface area contributed by atoms with Crippen LogP contribution in [0.1, 0.15) is 25.7 Å². The number of nitrogens with zero attached hydrogens (tertiary/aromatic N) is 3. The van der Waals surface area contributed by atoms with Crippen LogP contribution in [-0.2, 0) is 4.79 Å². The molecule has 0 aromatic carbocycles. The topological polar surface area (TPSA) is 79.5 Å². The first-order valence-electron chi connectivity index (χ1n) is 6.54. The second-order valence-electron chi connectivity index (χ2n) is 4.93. The van der Waals surface area contributed by atoms with E-state index in [4.69, 9.17) is 0 Å². The molecule has 1 aliphatic carbocycles. The zero-order valence-electron chi connectivity index (χ0n) is 10.5. The molecule has 2 aromatic rings. The summed E-state index contributed by atoms with van der Waals surface area (Å²) < 4.78 is 1.68. The summed E-state index contributed by atoms with van der Waals surface area (Å²) in [6, 6.07) is 3.61. The summed E-state index contributed by atoms with van der Waals surface area (Å²) in [6.07, 6.45) is 7.18. The highest BCUT2D eigenvalue weighted by molar-refractivity contribution is 5.71. The predicted molar refractivity (Wildman–Crippen MR) is 70.0 cm³/mol. The molecule has 0 saturated heterocycles. The lowest BCUT2D eigenvalue weighted by atomic mass is 9.84. The van der Waals surface area contributed by atoms with Crippen LogP contribution in [0, 0.1) is 5.92 Å². The maximum Gasteiger partial charge on any atom is 0.308 e. The van der Waals surface area contributed by atoms with Crippen molar-refractivity contribution in [3.63, 3.8) is 0 Å². The Morgan fingerprint density at radius 3 is 3.05 bits per heavy atom. The van der Waals surface area contributed by atoms with Crippen LogP contribution in [0.25, 0.3) is 5.65 Å². The standard InChI is InChI=1S/C13H16N4O2/c18-13(19)9-3-1-2-4-10(9)15-11-6-8-17-12(16-11)5-7-14-17/h5-10H,1-4H2,(H,15,16)(H,18,19). The summed E-state index contributed by atoms with van der Waals surface area (Å²) in [5, 5.41) is 16.6. The normalized spacial score (nSPS) is 23.4. The van der Waals surface area contributed by atoms with Crippen LogP contribution in [0.5, 0.6) is 0 Å². The molecular weight excluding hydrogens is 244 g/mol. The molecule has 19 heavy (non-hydrogen) atoms. The van der Waals surface area contributed by atoms with Crippen LogP contribution in [0.2, 0.25) is 0 Å². The van der Waals surface area contributed by atoms with Gasteiger partial charge < -0.3 is 10.4 Å². The quantitative estimate of drug-likeness (QED) is 0.879. The zero-order chi connectivity index (χ0) is 13.2. The van der Waals surface area contributed by atoms with Gasteiger partial charge in [0.25, 0.3) is 0 Å². The lowest BCUT2D eigenvalue weighted by molar-refractivity contribution is -0.143. The second-order valence-corrected chi connectivity index (χ2v) is 4.93. The van der Waals surface area contributed by atoms with Crippen molar-refractivity contribution in [1.29, 1.82) is 0 Å². The summed E-state index contributed by atoms with van der Waals surface area (Å²) in [5.74, 6) is -0.328. The van der Waals surface area contributed by atoms with E-state index >= 15 is 0 Å². The number of nitrogens with one attached hydrogen (secondary N) is 1. The minimum absolute atomic E-state index is 0.0379. The van der Waals surface area contributed by atoms with Gasteiger partial charge in [-0.15, -0.1) is 0 Å². The number of aromatic nitrogens is 3. The van der Waals surface area contributed by atoms with Crippen LogP contribution in [0.15, 0.2) is 24.5 Å². The molecule has 2 unspecified atom stereocenters. The van der Waals surface area contributed by atoms with Gasteiger partial charge in [0.15, 0.2) is 5.65 Å². The van der Waals surface area contributed by atoms with Crippen LogP contribution in [0.4, 0.5) is 5.82 Å². The Kier molecular flexibility index (Phi) is 3.06. The van der Waals surface area contributed by atoms with Gasteiger partial charge >= 0.3 is 5.97 Å². The van der Waals surface area contributed by atoms with Gasteiger partial charge in [-0.3, -0.25) is 4.79 Å². The van der Waals surface area contributed by atoms with Crippen molar-refractivity contribution in [2.45, 2.75) is 31.7 Å². The number of hydrogen-bond donors (Lipinski definition) is 2. The molecular formula is C13H16N4O2. The number of hydrogen-bond acceptors (Lipinski definition) is 4. The SMILES string of the molecule is O=C(O)C1CCCCC1Nc1ccn2nccc2n1. The maximum atomic E-state index is 11.3. The Morgan fingerprint density at radius 1 is 1.37 bits per heavy atom. The number of anilines is 1. The van der Waals surface area contributed by atoms with Crippen molar-refractivity contribution >= 4 is 17.4 Å². The summed E-state index contributed by atoms with van der Waals surface area (Å²) in [4.78, 5) is 15.7. The Bertz CT molecular complexity index is 595. The highest BCUT2D eigenvalue weighted by Gasteiger charge is 2.30. The van der Waals surface area contributed by atoms with Gasteiger partial charge in [-0.05, 0) is 18.9 Å². The van der Waals surface area contributed by atoms with E-state index in [0.29, 0.717) is 5.82 Å². The molecule has 0 bridgehead atoms. The van der Waals surface area contributed by atoms with E-state index in [-0.39, 0.29) is 12.0 Å². The van der Waals surface area contributed by atoms with Gasteiger partial charge in [0.1, 0.15) is 5.82 Å². The molecule has 1 saturated carbocycles. The third kappa shape index (κ3) is 2.38. The highest BCUT2D eigenvalue weighted by Crippen LogP contribution is 2.27. The van der Waals surface area contributed by atoms with Gasteiger partial charge in [-0.25, -0.2) is 9.50 Å². The summed E-state index contributed by atoms with van der Waals surface area (Å²) in [7, 11) is 0. The van der Waals surface area contributed by atoms with Crippen LogP contribution < -0.4 is 5.32 Å². The van der Waals surface area contributed by atoms with Crippen molar-refractivity contribution in [2.75, 3.05) is 5.32 Å². The third-order valence-electron chi connectivity index (χ3n) is 3.67. The average Bonchev–Trinajstić information content (AvgIpc) is 2.86. The largest absolute Gasteiger partial charge is 0.481 e.